The van der Waals surface area contributed by atoms with E-state index >= 15 is 0 Å². The highest BCUT2D eigenvalue weighted by molar-refractivity contribution is 8.00. The highest BCUT2D eigenvalue weighted by Gasteiger charge is 2.27. The van der Waals surface area contributed by atoms with Gasteiger partial charge in [0, 0.05) is 20.6 Å². The van der Waals surface area contributed by atoms with Gasteiger partial charge in [-0.2, -0.15) is 0 Å². The molecule has 0 amide bonds. The summed E-state index contributed by atoms with van der Waals surface area (Å²) < 4.78 is 9.13. The van der Waals surface area contributed by atoms with E-state index in [1.807, 2.05) is 11.5 Å². The summed E-state index contributed by atoms with van der Waals surface area (Å²) in [5.41, 5.74) is 4.37. The Morgan fingerprint density at radius 2 is 2.00 bits per heavy atom. The van der Waals surface area contributed by atoms with Gasteiger partial charge in [-0.15, -0.1) is 10.2 Å². The number of rotatable bonds is 6. The molecule has 0 radical (unpaired) electrons. The highest BCUT2D eigenvalue weighted by Crippen LogP contribution is 2.28. The van der Waals surface area contributed by atoms with Crippen molar-refractivity contribution in [3.05, 3.63) is 44.8 Å². The van der Waals surface area contributed by atoms with Crippen LogP contribution in [0.4, 0.5) is 5.82 Å². The Balaban J connectivity index is 1.95. The first-order chi connectivity index (χ1) is 13.3. The maximum absolute atomic E-state index is 12.9. The average Bonchev–Trinajstić information content (AvgIpc) is 3.34. The Morgan fingerprint density at radius 3 is 2.61 bits per heavy atom. The van der Waals surface area contributed by atoms with E-state index in [0.717, 1.165) is 20.9 Å². The molecule has 11 heteroatoms. The number of furan rings is 1. The fraction of sp³-hybridized carbons (Fsp3) is 0.353. The van der Waals surface area contributed by atoms with Crippen LogP contribution in [0.15, 0.2) is 37.6 Å². The summed E-state index contributed by atoms with van der Waals surface area (Å²) in [5, 5.41) is 8.12. The van der Waals surface area contributed by atoms with Crippen molar-refractivity contribution in [3.63, 3.8) is 0 Å². The number of aromatic nitrogens is 5. The third-order valence-electron chi connectivity index (χ3n) is 4.38. The minimum absolute atomic E-state index is 0.154. The SMILES string of the molecule is CCn1c(SC(C)C(=O)c2c(N)n(C)c(=O)n(C)c2=O)nnc1-c1ccco1. The van der Waals surface area contributed by atoms with E-state index in [2.05, 4.69) is 10.2 Å². The molecule has 3 heterocycles. The smallest absolute Gasteiger partial charge is 0.332 e. The van der Waals surface area contributed by atoms with Crippen molar-refractivity contribution in [1.29, 1.82) is 0 Å². The number of carbonyl (C=O) groups excluding carboxylic acids is 1. The van der Waals surface area contributed by atoms with Crippen LogP contribution in [0.1, 0.15) is 24.2 Å². The molecule has 2 N–H and O–H groups in total. The van der Waals surface area contributed by atoms with Gasteiger partial charge in [-0.3, -0.25) is 23.3 Å². The number of Topliss-reactive ketones (excluding diaryl/α,β-unsaturated/α-hetero) is 1. The molecule has 1 unspecified atom stereocenters. The second-order valence-electron chi connectivity index (χ2n) is 6.12. The van der Waals surface area contributed by atoms with Gasteiger partial charge in [0.2, 0.25) is 0 Å². The summed E-state index contributed by atoms with van der Waals surface area (Å²) in [5.74, 6) is 0.478. The predicted molar refractivity (Wildman–Crippen MR) is 104 cm³/mol. The third-order valence-corrected chi connectivity index (χ3v) is 5.46. The quantitative estimate of drug-likeness (QED) is 0.474. The first kappa shape index (κ1) is 19.7. The van der Waals surface area contributed by atoms with Crippen LogP contribution in [0.3, 0.4) is 0 Å². The molecule has 3 aromatic heterocycles. The van der Waals surface area contributed by atoms with E-state index in [4.69, 9.17) is 10.2 Å². The third kappa shape index (κ3) is 3.17. The van der Waals surface area contributed by atoms with E-state index in [1.165, 1.54) is 14.1 Å². The molecule has 0 aromatic carbocycles. The number of anilines is 1. The van der Waals surface area contributed by atoms with E-state index in [-0.39, 0.29) is 11.4 Å². The zero-order valence-electron chi connectivity index (χ0n) is 15.9. The molecule has 0 spiro atoms. The molecule has 3 rings (SSSR count). The molecule has 0 aliphatic rings. The molecule has 0 saturated heterocycles. The number of nitrogen functional groups attached to an aromatic ring is 1. The largest absolute Gasteiger partial charge is 0.461 e. The van der Waals surface area contributed by atoms with Crippen molar-refractivity contribution in [3.8, 4) is 11.6 Å². The number of hydrogen-bond acceptors (Lipinski definition) is 8. The van der Waals surface area contributed by atoms with Gasteiger partial charge in [-0.25, -0.2) is 4.79 Å². The van der Waals surface area contributed by atoms with Gasteiger partial charge >= 0.3 is 5.69 Å². The molecule has 0 aliphatic heterocycles. The Hall–Kier alpha value is -3.08. The summed E-state index contributed by atoms with van der Waals surface area (Å²) in [6.45, 7) is 4.14. The molecule has 0 saturated carbocycles. The van der Waals surface area contributed by atoms with E-state index in [9.17, 15) is 14.4 Å². The Bertz CT molecular complexity index is 1140. The van der Waals surface area contributed by atoms with Crippen molar-refractivity contribution in [2.45, 2.75) is 30.8 Å². The van der Waals surface area contributed by atoms with Crippen LogP contribution in [0.2, 0.25) is 0 Å². The molecule has 0 bridgehead atoms. The van der Waals surface area contributed by atoms with Gasteiger partial charge in [0.1, 0.15) is 11.4 Å². The number of thioether (sulfide) groups is 1. The van der Waals surface area contributed by atoms with Crippen molar-refractivity contribution in [2.75, 3.05) is 5.73 Å². The van der Waals surface area contributed by atoms with Gasteiger partial charge in [0.25, 0.3) is 5.56 Å². The Morgan fingerprint density at radius 1 is 1.29 bits per heavy atom. The van der Waals surface area contributed by atoms with Crippen molar-refractivity contribution in [2.24, 2.45) is 14.1 Å². The number of nitrogens with zero attached hydrogens (tertiary/aromatic N) is 5. The predicted octanol–water partition coefficient (Wildman–Crippen LogP) is 0.901. The van der Waals surface area contributed by atoms with Crippen molar-refractivity contribution in [1.82, 2.24) is 23.9 Å². The molecular weight excluding hydrogens is 384 g/mol. The standard InChI is InChI=1S/C17H20N6O4S/c1-5-23-14(10-7-6-8-27-10)19-20-16(23)28-9(2)12(24)11-13(18)21(3)17(26)22(4)15(11)25/h6-9H,5,18H2,1-4H3. The minimum atomic E-state index is -0.716. The maximum atomic E-state index is 12.9. The molecular formula is C17H20N6O4S. The van der Waals surface area contributed by atoms with Crippen LogP contribution in [0.25, 0.3) is 11.6 Å². The summed E-state index contributed by atoms with van der Waals surface area (Å²) in [7, 11) is 2.72. The number of carbonyl (C=O) groups is 1. The number of hydrogen-bond donors (Lipinski definition) is 1. The number of ketones is 1. The lowest BCUT2D eigenvalue weighted by atomic mass is 10.1. The summed E-state index contributed by atoms with van der Waals surface area (Å²) in [4.78, 5) is 37.3. The zero-order chi connectivity index (χ0) is 20.6. The lowest BCUT2D eigenvalue weighted by molar-refractivity contribution is 0.0992. The second-order valence-corrected chi connectivity index (χ2v) is 7.43. The van der Waals surface area contributed by atoms with Crippen LogP contribution in [-0.2, 0) is 20.6 Å². The Labute approximate surface area is 164 Å². The molecule has 10 nitrogen and oxygen atoms in total. The normalized spacial score (nSPS) is 12.3. The van der Waals surface area contributed by atoms with Crippen LogP contribution < -0.4 is 17.0 Å². The number of nitrogens with two attached hydrogens (primary N) is 1. The van der Waals surface area contributed by atoms with E-state index < -0.39 is 22.3 Å². The van der Waals surface area contributed by atoms with Crippen molar-refractivity contribution < 1.29 is 9.21 Å². The second kappa shape index (κ2) is 7.50. The molecule has 1 atom stereocenters. The summed E-state index contributed by atoms with van der Waals surface area (Å²) >= 11 is 1.16. The topological polar surface area (TPSA) is 131 Å². The maximum Gasteiger partial charge on any atom is 0.332 e. The average molecular weight is 404 g/mol. The van der Waals surface area contributed by atoms with Crippen molar-refractivity contribution >= 4 is 23.4 Å². The van der Waals surface area contributed by atoms with E-state index in [1.54, 1.807) is 25.3 Å². The summed E-state index contributed by atoms with van der Waals surface area (Å²) in [6, 6.07) is 3.52. The molecule has 28 heavy (non-hydrogen) atoms. The fourth-order valence-corrected chi connectivity index (χ4v) is 3.73. The van der Waals surface area contributed by atoms with Gasteiger partial charge in [0.05, 0.1) is 11.5 Å². The van der Waals surface area contributed by atoms with Gasteiger partial charge < -0.3 is 10.2 Å². The lowest BCUT2D eigenvalue weighted by Crippen LogP contribution is -2.42. The van der Waals surface area contributed by atoms with Gasteiger partial charge in [-0.1, -0.05) is 11.8 Å². The lowest BCUT2D eigenvalue weighted by Gasteiger charge is -2.14. The summed E-state index contributed by atoms with van der Waals surface area (Å²) in [6.07, 6.45) is 1.54. The molecule has 0 aliphatic carbocycles. The van der Waals surface area contributed by atoms with Crippen LogP contribution in [-0.4, -0.2) is 34.9 Å². The molecule has 0 fully saturated rings. The van der Waals surface area contributed by atoms with Crippen LogP contribution >= 0.6 is 11.8 Å². The highest BCUT2D eigenvalue weighted by atomic mass is 32.2. The van der Waals surface area contributed by atoms with E-state index in [0.29, 0.717) is 23.3 Å². The first-order valence-electron chi connectivity index (χ1n) is 8.51. The Kier molecular flexibility index (Phi) is 5.27. The minimum Gasteiger partial charge on any atom is -0.461 e. The monoisotopic (exact) mass is 404 g/mol. The molecule has 3 aromatic rings. The van der Waals surface area contributed by atoms with Crippen LogP contribution in [0, 0.1) is 0 Å². The zero-order valence-corrected chi connectivity index (χ0v) is 16.7. The van der Waals surface area contributed by atoms with Gasteiger partial charge in [0.15, 0.2) is 22.5 Å². The molecule has 148 valence electrons. The van der Waals surface area contributed by atoms with Crippen LogP contribution in [0.5, 0.6) is 0 Å². The van der Waals surface area contributed by atoms with Gasteiger partial charge in [-0.05, 0) is 26.0 Å². The first-order valence-corrected chi connectivity index (χ1v) is 9.39. The fourth-order valence-electron chi connectivity index (χ4n) is 2.76.